The number of halogens is 1. The van der Waals surface area contributed by atoms with Crippen LogP contribution in [-0.2, 0) is 4.79 Å². The Hall–Kier alpha value is -2.79. The summed E-state index contributed by atoms with van der Waals surface area (Å²) in [5, 5.41) is 4.10. The molecule has 0 fully saturated rings. The lowest BCUT2D eigenvalue weighted by atomic mass is 10.0. The molecule has 2 aromatic carbocycles. The van der Waals surface area contributed by atoms with Crippen LogP contribution in [0.4, 0.5) is 0 Å². The van der Waals surface area contributed by atoms with Gasteiger partial charge in [0.2, 0.25) is 0 Å². The van der Waals surface area contributed by atoms with Crippen molar-refractivity contribution in [2.24, 2.45) is 0 Å². The molecule has 1 aromatic heterocycles. The number of fused-ring (bicyclic) bond motifs is 1. The van der Waals surface area contributed by atoms with Crippen molar-refractivity contribution in [3.05, 3.63) is 64.0 Å². The Balaban J connectivity index is 2.02. The minimum Gasteiger partial charge on any atom is -0.478 e. The Kier molecular flexibility index (Phi) is 5.47. The van der Waals surface area contributed by atoms with E-state index in [0.29, 0.717) is 21.9 Å². The molecule has 5 nitrogen and oxygen atoms in total. The van der Waals surface area contributed by atoms with Crippen molar-refractivity contribution in [1.29, 1.82) is 0 Å². The van der Waals surface area contributed by atoms with Crippen molar-refractivity contribution in [3.8, 4) is 16.9 Å². The molecule has 146 valence electrons. The van der Waals surface area contributed by atoms with Gasteiger partial charge in [0, 0.05) is 39.7 Å². The lowest BCUT2D eigenvalue weighted by Crippen LogP contribution is -2.48. The zero-order valence-corrected chi connectivity index (χ0v) is 17.0. The highest BCUT2D eigenvalue weighted by atomic mass is 35.5. The van der Waals surface area contributed by atoms with Crippen LogP contribution in [0.2, 0.25) is 5.02 Å². The smallest absolute Gasteiger partial charge is 0.336 e. The maximum atomic E-state index is 12.3. The molecule has 0 bridgehead atoms. The van der Waals surface area contributed by atoms with E-state index in [9.17, 15) is 9.59 Å². The van der Waals surface area contributed by atoms with Gasteiger partial charge in [-0.25, -0.2) is 4.79 Å². The largest absolute Gasteiger partial charge is 0.478 e. The predicted molar refractivity (Wildman–Crippen MR) is 111 cm³/mol. The number of ether oxygens (including phenoxy) is 1. The summed E-state index contributed by atoms with van der Waals surface area (Å²) in [6, 6.07) is 13.9. The van der Waals surface area contributed by atoms with Crippen LogP contribution in [0.15, 0.2) is 57.7 Å². The first-order chi connectivity index (χ1) is 13.2. The van der Waals surface area contributed by atoms with Crippen LogP contribution in [0.5, 0.6) is 5.75 Å². The Morgan fingerprint density at radius 2 is 1.82 bits per heavy atom. The van der Waals surface area contributed by atoms with Gasteiger partial charge >= 0.3 is 5.63 Å². The molecule has 0 spiro atoms. The summed E-state index contributed by atoms with van der Waals surface area (Å²) >= 11 is 6.30. The second-order valence-corrected chi connectivity index (χ2v) is 7.76. The van der Waals surface area contributed by atoms with E-state index in [4.69, 9.17) is 20.8 Å². The molecule has 0 atom stereocenters. The normalized spacial score (nSPS) is 11.6. The number of hydrogen-bond acceptors (Lipinski definition) is 4. The third-order valence-electron chi connectivity index (χ3n) is 4.22. The quantitative estimate of drug-likeness (QED) is 0.626. The van der Waals surface area contributed by atoms with Crippen molar-refractivity contribution in [3.63, 3.8) is 0 Å². The molecule has 1 heterocycles. The van der Waals surface area contributed by atoms with E-state index >= 15 is 0 Å². The van der Waals surface area contributed by atoms with Gasteiger partial charge in [-0.3, -0.25) is 4.79 Å². The first kappa shape index (κ1) is 20.0. The first-order valence-electron chi connectivity index (χ1n) is 9.00. The molecule has 3 aromatic rings. The molecule has 0 saturated carbocycles. The summed E-state index contributed by atoms with van der Waals surface area (Å²) in [5.41, 5.74) is 0.211. The first-order valence-corrected chi connectivity index (χ1v) is 9.38. The lowest BCUT2D eigenvalue weighted by molar-refractivity contribution is -0.134. The number of amides is 1. The molecule has 0 aliphatic heterocycles. The molecule has 0 radical (unpaired) electrons. The Morgan fingerprint density at radius 3 is 2.50 bits per heavy atom. The third-order valence-corrected chi connectivity index (χ3v) is 4.55. The van der Waals surface area contributed by atoms with Gasteiger partial charge in [0.1, 0.15) is 11.3 Å². The van der Waals surface area contributed by atoms with E-state index in [1.165, 1.54) is 6.07 Å². The summed E-state index contributed by atoms with van der Waals surface area (Å²) in [6.45, 7) is 7.14. The zero-order chi connectivity index (χ0) is 20.5. The number of benzene rings is 2. The van der Waals surface area contributed by atoms with Gasteiger partial charge in [0.15, 0.2) is 5.60 Å². The maximum Gasteiger partial charge on any atom is 0.336 e. The van der Waals surface area contributed by atoms with Gasteiger partial charge in [-0.15, -0.1) is 0 Å². The Labute approximate surface area is 168 Å². The van der Waals surface area contributed by atoms with Gasteiger partial charge in [0.25, 0.3) is 5.91 Å². The number of carbonyl (C=O) groups excluding carboxylic acids is 1. The van der Waals surface area contributed by atoms with Crippen LogP contribution in [0.1, 0.15) is 27.7 Å². The fraction of sp³-hybridized carbons (Fsp3) is 0.273. The molecule has 0 aliphatic rings. The average molecular weight is 400 g/mol. The van der Waals surface area contributed by atoms with Crippen LogP contribution >= 0.6 is 11.6 Å². The molecule has 3 rings (SSSR count). The average Bonchev–Trinajstić information content (AvgIpc) is 2.60. The van der Waals surface area contributed by atoms with E-state index in [1.807, 2.05) is 32.0 Å². The highest BCUT2D eigenvalue weighted by Gasteiger charge is 2.30. The number of nitrogens with one attached hydrogen (secondary N) is 1. The second kappa shape index (κ2) is 7.68. The standard InChI is InChI=1S/C22H22ClNO4/c1-13(2)24-21(26)22(3,4)28-14-9-10-16-17(12-20(25)27-19(16)11-14)15-7-5-6-8-18(15)23/h5-13H,1-4H3,(H,24,26). The van der Waals surface area contributed by atoms with Crippen LogP contribution < -0.4 is 15.7 Å². The van der Waals surface area contributed by atoms with E-state index < -0.39 is 11.2 Å². The molecule has 6 heteroatoms. The minimum atomic E-state index is -1.08. The molecule has 0 saturated heterocycles. The summed E-state index contributed by atoms with van der Waals surface area (Å²) in [5.74, 6) is 0.199. The van der Waals surface area contributed by atoms with Crippen LogP contribution in [-0.4, -0.2) is 17.6 Å². The third kappa shape index (κ3) is 4.20. The van der Waals surface area contributed by atoms with Crippen molar-refractivity contribution >= 4 is 28.5 Å². The van der Waals surface area contributed by atoms with E-state index in [2.05, 4.69) is 5.32 Å². The van der Waals surface area contributed by atoms with Crippen LogP contribution in [0.3, 0.4) is 0 Å². The minimum absolute atomic E-state index is 0.00294. The number of rotatable bonds is 5. The molecule has 1 N–H and O–H groups in total. The summed E-state index contributed by atoms with van der Waals surface area (Å²) in [4.78, 5) is 24.4. The highest BCUT2D eigenvalue weighted by Crippen LogP contribution is 2.34. The fourth-order valence-corrected chi connectivity index (χ4v) is 3.12. The lowest BCUT2D eigenvalue weighted by Gasteiger charge is -2.26. The number of hydrogen-bond donors (Lipinski definition) is 1. The van der Waals surface area contributed by atoms with Gasteiger partial charge in [-0.1, -0.05) is 29.8 Å². The van der Waals surface area contributed by atoms with Crippen LogP contribution in [0.25, 0.3) is 22.1 Å². The van der Waals surface area contributed by atoms with E-state index in [-0.39, 0.29) is 11.9 Å². The number of carbonyl (C=O) groups is 1. The molecule has 0 unspecified atom stereocenters. The van der Waals surface area contributed by atoms with Crippen LogP contribution in [0, 0.1) is 0 Å². The Bertz CT molecular complexity index is 1090. The SMILES string of the molecule is CC(C)NC(=O)C(C)(C)Oc1ccc2c(-c3ccccc3Cl)cc(=O)oc2c1. The molecule has 1 amide bonds. The maximum absolute atomic E-state index is 12.3. The van der Waals surface area contributed by atoms with Gasteiger partial charge < -0.3 is 14.5 Å². The van der Waals surface area contributed by atoms with Crippen molar-refractivity contribution in [1.82, 2.24) is 5.32 Å². The monoisotopic (exact) mass is 399 g/mol. The van der Waals surface area contributed by atoms with Crippen molar-refractivity contribution in [2.75, 3.05) is 0 Å². The van der Waals surface area contributed by atoms with Gasteiger partial charge in [0.05, 0.1) is 0 Å². The van der Waals surface area contributed by atoms with Gasteiger partial charge in [-0.05, 0) is 45.9 Å². The highest BCUT2D eigenvalue weighted by molar-refractivity contribution is 6.33. The van der Waals surface area contributed by atoms with E-state index in [1.54, 1.807) is 38.1 Å². The summed E-state index contributed by atoms with van der Waals surface area (Å²) in [7, 11) is 0. The topological polar surface area (TPSA) is 68.5 Å². The summed E-state index contributed by atoms with van der Waals surface area (Å²) in [6.07, 6.45) is 0. The van der Waals surface area contributed by atoms with Crippen molar-refractivity contribution < 1.29 is 13.9 Å². The molecule has 0 aliphatic carbocycles. The van der Waals surface area contributed by atoms with E-state index in [0.717, 1.165) is 10.9 Å². The predicted octanol–water partition coefficient (Wildman–Crippen LogP) is 4.80. The second-order valence-electron chi connectivity index (χ2n) is 7.36. The molecule has 28 heavy (non-hydrogen) atoms. The van der Waals surface area contributed by atoms with Gasteiger partial charge in [-0.2, -0.15) is 0 Å². The molecular formula is C22H22ClNO4. The van der Waals surface area contributed by atoms with Crippen molar-refractivity contribution in [2.45, 2.75) is 39.3 Å². The zero-order valence-electron chi connectivity index (χ0n) is 16.2. The summed E-state index contributed by atoms with van der Waals surface area (Å²) < 4.78 is 11.2. The fourth-order valence-electron chi connectivity index (χ4n) is 2.89. The molecular weight excluding hydrogens is 378 g/mol. The Morgan fingerprint density at radius 1 is 1.11 bits per heavy atom.